The van der Waals surface area contributed by atoms with Crippen LogP contribution in [0.3, 0.4) is 0 Å². The highest BCUT2D eigenvalue weighted by Gasteiger charge is 2.07. The minimum atomic E-state index is 0.411. The SMILES string of the molecule is CC(C)COc1nc(-n2cc(Cl)cn2)ccc1N. The predicted octanol–water partition coefficient (Wildman–Crippen LogP) is 2.54. The summed E-state index contributed by atoms with van der Waals surface area (Å²) in [5.41, 5.74) is 6.33. The van der Waals surface area contributed by atoms with E-state index in [0.717, 1.165) is 0 Å². The first-order valence-corrected chi connectivity index (χ1v) is 6.04. The summed E-state index contributed by atoms with van der Waals surface area (Å²) in [4.78, 5) is 4.32. The van der Waals surface area contributed by atoms with Crippen molar-refractivity contribution >= 4 is 17.3 Å². The molecule has 0 aliphatic carbocycles. The van der Waals surface area contributed by atoms with Crippen molar-refractivity contribution in [2.45, 2.75) is 13.8 Å². The van der Waals surface area contributed by atoms with E-state index in [0.29, 0.717) is 34.9 Å². The maximum Gasteiger partial charge on any atom is 0.239 e. The van der Waals surface area contributed by atoms with Gasteiger partial charge in [0.1, 0.15) is 0 Å². The zero-order chi connectivity index (χ0) is 13.1. The molecule has 0 aromatic carbocycles. The summed E-state index contributed by atoms with van der Waals surface area (Å²) in [6.45, 7) is 4.70. The molecule has 0 radical (unpaired) electrons. The molecule has 2 rings (SSSR count). The quantitative estimate of drug-likeness (QED) is 0.924. The van der Waals surface area contributed by atoms with Gasteiger partial charge in [-0.3, -0.25) is 0 Å². The molecule has 18 heavy (non-hydrogen) atoms. The Labute approximate surface area is 111 Å². The number of hydrogen-bond acceptors (Lipinski definition) is 4. The predicted molar refractivity (Wildman–Crippen MR) is 71.1 cm³/mol. The lowest BCUT2D eigenvalue weighted by molar-refractivity contribution is 0.262. The molecule has 0 fully saturated rings. The number of pyridine rings is 1. The molecule has 2 heterocycles. The van der Waals surface area contributed by atoms with Crippen LogP contribution in [0, 0.1) is 5.92 Å². The van der Waals surface area contributed by atoms with Crippen LogP contribution in [0.5, 0.6) is 5.88 Å². The van der Waals surface area contributed by atoms with Crippen molar-refractivity contribution in [2.24, 2.45) is 5.92 Å². The topological polar surface area (TPSA) is 66.0 Å². The van der Waals surface area contributed by atoms with Gasteiger partial charge in [-0.2, -0.15) is 10.1 Å². The van der Waals surface area contributed by atoms with Crippen molar-refractivity contribution in [2.75, 3.05) is 12.3 Å². The average Bonchev–Trinajstić information content (AvgIpc) is 2.74. The van der Waals surface area contributed by atoms with Crippen molar-refractivity contribution < 1.29 is 4.74 Å². The van der Waals surface area contributed by atoms with Crippen LogP contribution < -0.4 is 10.5 Å². The number of nitrogens with zero attached hydrogens (tertiary/aromatic N) is 3. The first kappa shape index (κ1) is 12.7. The number of ether oxygens (including phenoxy) is 1. The maximum atomic E-state index is 5.82. The van der Waals surface area contributed by atoms with Gasteiger partial charge in [0.2, 0.25) is 5.88 Å². The molecular formula is C12H15ClN4O. The second-order valence-corrected chi connectivity index (χ2v) is 4.81. The lowest BCUT2D eigenvalue weighted by atomic mass is 10.2. The summed E-state index contributed by atoms with van der Waals surface area (Å²) in [6.07, 6.45) is 3.22. The van der Waals surface area contributed by atoms with Gasteiger partial charge in [-0.25, -0.2) is 4.68 Å². The average molecular weight is 267 g/mol. The number of anilines is 1. The van der Waals surface area contributed by atoms with Crippen LogP contribution >= 0.6 is 11.6 Å². The van der Waals surface area contributed by atoms with Gasteiger partial charge < -0.3 is 10.5 Å². The van der Waals surface area contributed by atoms with Gasteiger partial charge in [0.15, 0.2) is 5.82 Å². The molecule has 0 aliphatic rings. The minimum Gasteiger partial charge on any atom is -0.476 e. The summed E-state index contributed by atoms with van der Waals surface area (Å²) in [5, 5.41) is 4.63. The second kappa shape index (κ2) is 5.27. The molecule has 0 saturated heterocycles. The molecule has 2 N–H and O–H groups in total. The molecule has 0 spiro atoms. The van der Waals surface area contributed by atoms with Crippen LogP contribution in [0.25, 0.3) is 5.82 Å². The molecule has 0 saturated carbocycles. The van der Waals surface area contributed by atoms with E-state index in [1.165, 1.54) is 0 Å². The van der Waals surface area contributed by atoms with E-state index < -0.39 is 0 Å². The standard InChI is InChI=1S/C12H15ClN4O/c1-8(2)7-18-12-10(14)3-4-11(16-12)17-6-9(13)5-15-17/h3-6,8H,7,14H2,1-2H3. The van der Waals surface area contributed by atoms with Crippen molar-refractivity contribution in [3.8, 4) is 11.7 Å². The van der Waals surface area contributed by atoms with Crippen LogP contribution in [0.2, 0.25) is 5.02 Å². The highest BCUT2D eigenvalue weighted by molar-refractivity contribution is 6.30. The molecular weight excluding hydrogens is 252 g/mol. The highest BCUT2D eigenvalue weighted by Crippen LogP contribution is 2.21. The fourth-order valence-electron chi connectivity index (χ4n) is 1.36. The van der Waals surface area contributed by atoms with Crippen molar-refractivity contribution in [3.05, 3.63) is 29.5 Å². The zero-order valence-electron chi connectivity index (χ0n) is 10.3. The number of hydrogen-bond donors (Lipinski definition) is 1. The van der Waals surface area contributed by atoms with Crippen molar-refractivity contribution in [3.63, 3.8) is 0 Å². The Morgan fingerprint density at radius 3 is 2.83 bits per heavy atom. The van der Waals surface area contributed by atoms with Gasteiger partial charge in [-0.1, -0.05) is 25.4 Å². The minimum absolute atomic E-state index is 0.411. The second-order valence-electron chi connectivity index (χ2n) is 4.37. The van der Waals surface area contributed by atoms with E-state index >= 15 is 0 Å². The van der Waals surface area contributed by atoms with E-state index in [9.17, 15) is 0 Å². The molecule has 5 nitrogen and oxygen atoms in total. The Bertz CT molecular complexity index is 539. The fraction of sp³-hybridized carbons (Fsp3) is 0.333. The summed E-state index contributed by atoms with van der Waals surface area (Å²) >= 11 is 5.82. The maximum absolute atomic E-state index is 5.82. The largest absolute Gasteiger partial charge is 0.476 e. The Morgan fingerprint density at radius 2 is 2.22 bits per heavy atom. The third-order valence-electron chi connectivity index (χ3n) is 2.21. The molecule has 2 aromatic rings. The van der Waals surface area contributed by atoms with Gasteiger partial charge >= 0.3 is 0 Å². The number of nitrogen functional groups attached to an aromatic ring is 1. The van der Waals surface area contributed by atoms with E-state index in [2.05, 4.69) is 23.9 Å². The van der Waals surface area contributed by atoms with Crippen LogP contribution in [0.4, 0.5) is 5.69 Å². The van der Waals surface area contributed by atoms with Gasteiger partial charge in [-0.15, -0.1) is 0 Å². The Morgan fingerprint density at radius 1 is 1.44 bits per heavy atom. The van der Waals surface area contributed by atoms with E-state index in [1.807, 2.05) is 0 Å². The van der Waals surface area contributed by atoms with Crippen LogP contribution in [0.15, 0.2) is 24.5 Å². The highest BCUT2D eigenvalue weighted by atomic mass is 35.5. The van der Waals surface area contributed by atoms with Crippen LogP contribution in [-0.4, -0.2) is 21.4 Å². The van der Waals surface area contributed by atoms with Gasteiger partial charge in [0.05, 0.1) is 29.7 Å². The third-order valence-corrected chi connectivity index (χ3v) is 2.41. The molecule has 0 unspecified atom stereocenters. The number of halogens is 1. The van der Waals surface area contributed by atoms with E-state index in [1.54, 1.807) is 29.2 Å². The Balaban J connectivity index is 2.25. The van der Waals surface area contributed by atoms with Crippen molar-refractivity contribution in [1.29, 1.82) is 0 Å². The summed E-state index contributed by atoms with van der Waals surface area (Å²) in [7, 11) is 0. The first-order chi connectivity index (χ1) is 8.56. The normalized spacial score (nSPS) is 10.9. The van der Waals surface area contributed by atoms with Crippen molar-refractivity contribution in [1.82, 2.24) is 14.8 Å². The molecule has 2 aromatic heterocycles. The van der Waals surface area contributed by atoms with E-state index in [4.69, 9.17) is 22.1 Å². The summed E-state index contributed by atoms with van der Waals surface area (Å²) in [5.74, 6) is 1.46. The van der Waals surface area contributed by atoms with Crippen LogP contribution in [-0.2, 0) is 0 Å². The first-order valence-electron chi connectivity index (χ1n) is 5.66. The number of rotatable bonds is 4. The van der Waals surface area contributed by atoms with Gasteiger partial charge in [0, 0.05) is 0 Å². The molecule has 96 valence electrons. The van der Waals surface area contributed by atoms with Crippen LogP contribution in [0.1, 0.15) is 13.8 Å². The van der Waals surface area contributed by atoms with Gasteiger partial charge in [0.25, 0.3) is 0 Å². The zero-order valence-corrected chi connectivity index (χ0v) is 11.1. The van der Waals surface area contributed by atoms with E-state index in [-0.39, 0.29) is 0 Å². The number of aromatic nitrogens is 3. The molecule has 0 bridgehead atoms. The molecule has 0 aliphatic heterocycles. The van der Waals surface area contributed by atoms with Gasteiger partial charge in [-0.05, 0) is 18.1 Å². The summed E-state index contributed by atoms with van der Waals surface area (Å²) < 4.78 is 7.13. The lowest BCUT2D eigenvalue weighted by Crippen LogP contribution is -2.09. The Kier molecular flexibility index (Phi) is 3.72. The molecule has 0 atom stereocenters. The monoisotopic (exact) mass is 266 g/mol. The number of nitrogens with two attached hydrogens (primary N) is 1. The Hall–Kier alpha value is -1.75. The fourth-order valence-corrected chi connectivity index (χ4v) is 1.49. The summed E-state index contributed by atoms with van der Waals surface area (Å²) in [6, 6.07) is 3.51. The lowest BCUT2D eigenvalue weighted by Gasteiger charge is -2.11. The molecule has 0 amide bonds. The molecule has 6 heteroatoms. The third kappa shape index (κ3) is 2.92. The smallest absolute Gasteiger partial charge is 0.239 e.